The molecule has 0 radical (unpaired) electrons. The fraction of sp³-hybridized carbons (Fsp3) is 0.333. The van der Waals surface area contributed by atoms with Gasteiger partial charge in [-0.25, -0.2) is 0 Å². The number of ether oxygens (including phenoxy) is 1. The SMILES string of the molecule is C[C@@]1(C(=O)N2CCN(Cc3ccccc3)CC2)Oc2ccccc2NC1=O. The second-order valence-corrected chi connectivity index (χ2v) is 7.14. The summed E-state index contributed by atoms with van der Waals surface area (Å²) in [6.07, 6.45) is 0. The molecule has 0 aromatic heterocycles. The van der Waals surface area contributed by atoms with E-state index in [-0.39, 0.29) is 5.91 Å². The highest BCUT2D eigenvalue weighted by Crippen LogP contribution is 2.34. The fourth-order valence-corrected chi connectivity index (χ4v) is 3.56. The number of nitrogens with one attached hydrogen (secondary N) is 1. The van der Waals surface area contributed by atoms with Crippen LogP contribution in [0.1, 0.15) is 12.5 Å². The molecule has 2 aromatic rings. The minimum atomic E-state index is -1.53. The van der Waals surface area contributed by atoms with E-state index >= 15 is 0 Å². The number of para-hydroxylation sites is 2. The third-order valence-corrected chi connectivity index (χ3v) is 5.20. The van der Waals surface area contributed by atoms with Crippen LogP contribution in [-0.4, -0.2) is 53.4 Å². The summed E-state index contributed by atoms with van der Waals surface area (Å²) in [6, 6.07) is 17.5. The molecule has 2 heterocycles. The maximum absolute atomic E-state index is 13.1. The Morgan fingerprint density at radius 1 is 1.04 bits per heavy atom. The molecule has 1 saturated heterocycles. The highest BCUT2D eigenvalue weighted by molar-refractivity contribution is 6.15. The van der Waals surface area contributed by atoms with Gasteiger partial charge in [-0.1, -0.05) is 42.5 Å². The van der Waals surface area contributed by atoms with Gasteiger partial charge in [0.2, 0.25) is 0 Å². The Morgan fingerprint density at radius 3 is 2.44 bits per heavy atom. The second kappa shape index (κ2) is 7.04. The van der Waals surface area contributed by atoms with E-state index in [1.165, 1.54) is 5.56 Å². The molecule has 2 amide bonds. The van der Waals surface area contributed by atoms with Gasteiger partial charge >= 0.3 is 0 Å². The van der Waals surface area contributed by atoms with Crippen LogP contribution in [0.25, 0.3) is 0 Å². The first-order chi connectivity index (χ1) is 13.1. The van der Waals surface area contributed by atoms with Gasteiger partial charge in [-0.15, -0.1) is 0 Å². The Labute approximate surface area is 158 Å². The van der Waals surface area contributed by atoms with Crippen molar-refractivity contribution in [2.75, 3.05) is 31.5 Å². The van der Waals surface area contributed by atoms with Crippen LogP contribution in [-0.2, 0) is 16.1 Å². The van der Waals surface area contributed by atoms with E-state index in [0.29, 0.717) is 24.5 Å². The average Bonchev–Trinajstić information content (AvgIpc) is 2.70. The second-order valence-electron chi connectivity index (χ2n) is 7.14. The number of fused-ring (bicyclic) bond motifs is 1. The highest BCUT2D eigenvalue weighted by atomic mass is 16.5. The summed E-state index contributed by atoms with van der Waals surface area (Å²) in [5.74, 6) is -0.178. The molecular weight excluding hydrogens is 342 g/mol. The third kappa shape index (κ3) is 3.40. The molecule has 0 spiro atoms. The van der Waals surface area contributed by atoms with Gasteiger partial charge in [0.1, 0.15) is 5.75 Å². The van der Waals surface area contributed by atoms with E-state index in [1.807, 2.05) is 30.3 Å². The predicted octanol–water partition coefficient (Wildman–Crippen LogP) is 2.12. The number of benzene rings is 2. The summed E-state index contributed by atoms with van der Waals surface area (Å²) in [7, 11) is 0. The monoisotopic (exact) mass is 365 g/mol. The lowest BCUT2D eigenvalue weighted by Crippen LogP contribution is -2.62. The molecule has 6 nitrogen and oxygen atoms in total. The minimum Gasteiger partial charge on any atom is -0.466 e. The zero-order chi connectivity index (χ0) is 18.9. The summed E-state index contributed by atoms with van der Waals surface area (Å²) in [5, 5.41) is 2.79. The Morgan fingerprint density at radius 2 is 1.70 bits per heavy atom. The lowest BCUT2D eigenvalue weighted by molar-refractivity contribution is -0.155. The first-order valence-corrected chi connectivity index (χ1v) is 9.21. The molecule has 6 heteroatoms. The maximum atomic E-state index is 13.1. The van der Waals surface area contributed by atoms with E-state index in [1.54, 1.807) is 24.0 Å². The number of carbonyl (C=O) groups excluding carboxylic acids is 2. The van der Waals surface area contributed by atoms with Crippen molar-refractivity contribution in [3.05, 3.63) is 60.2 Å². The molecule has 4 rings (SSSR count). The van der Waals surface area contributed by atoms with Crippen LogP contribution in [0.4, 0.5) is 5.69 Å². The van der Waals surface area contributed by atoms with E-state index in [2.05, 4.69) is 22.3 Å². The van der Waals surface area contributed by atoms with Crippen molar-refractivity contribution >= 4 is 17.5 Å². The van der Waals surface area contributed by atoms with Crippen LogP contribution < -0.4 is 10.1 Å². The summed E-state index contributed by atoms with van der Waals surface area (Å²) in [5.41, 5.74) is 0.326. The quantitative estimate of drug-likeness (QED) is 0.847. The number of amides is 2. The van der Waals surface area contributed by atoms with Gasteiger partial charge in [0, 0.05) is 32.7 Å². The summed E-state index contributed by atoms with van der Waals surface area (Å²) in [4.78, 5) is 29.7. The molecular formula is C21H23N3O3. The number of piperazine rings is 1. The molecule has 2 aromatic carbocycles. The van der Waals surface area contributed by atoms with Crippen molar-refractivity contribution in [2.24, 2.45) is 0 Å². The number of anilines is 1. The van der Waals surface area contributed by atoms with Crippen LogP contribution in [0.15, 0.2) is 54.6 Å². The van der Waals surface area contributed by atoms with Gasteiger partial charge < -0.3 is 15.0 Å². The Kier molecular flexibility index (Phi) is 4.58. The molecule has 140 valence electrons. The number of hydrogen-bond donors (Lipinski definition) is 1. The molecule has 0 aliphatic carbocycles. The molecule has 0 bridgehead atoms. The Bertz CT molecular complexity index is 847. The lowest BCUT2D eigenvalue weighted by atomic mass is 10.00. The van der Waals surface area contributed by atoms with Gasteiger partial charge in [-0.05, 0) is 24.6 Å². The van der Waals surface area contributed by atoms with E-state index in [9.17, 15) is 9.59 Å². The molecule has 0 unspecified atom stereocenters. The topological polar surface area (TPSA) is 61.9 Å². The van der Waals surface area contributed by atoms with Crippen LogP contribution in [0, 0.1) is 0 Å². The maximum Gasteiger partial charge on any atom is 0.278 e. The predicted molar refractivity (Wildman–Crippen MR) is 102 cm³/mol. The van der Waals surface area contributed by atoms with E-state index in [4.69, 9.17) is 4.74 Å². The number of nitrogens with zero attached hydrogens (tertiary/aromatic N) is 2. The minimum absolute atomic E-state index is 0.283. The van der Waals surface area contributed by atoms with Crippen molar-refractivity contribution < 1.29 is 14.3 Å². The van der Waals surface area contributed by atoms with Crippen molar-refractivity contribution in [2.45, 2.75) is 19.1 Å². The number of rotatable bonds is 3. The first-order valence-electron chi connectivity index (χ1n) is 9.21. The van der Waals surface area contributed by atoms with Crippen LogP contribution in [0.3, 0.4) is 0 Å². The Balaban J connectivity index is 1.41. The molecule has 1 atom stereocenters. The molecule has 1 N–H and O–H groups in total. The van der Waals surface area contributed by atoms with Gasteiger partial charge in [0.05, 0.1) is 5.69 Å². The lowest BCUT2D eigenvalue weighted by Gasteiger charge is -2.40. The van der Waals surface area contributed by atoms with Gasteiger partial charge in [-0.2, -0.15) is 0 Å². The molecule has 2 aliphatic rings. The van der Waals surface area contributed by atoms with Gasteiger partial charge in [0.25, 0.3) is 17.4 Å². The molecule has 27 heavy (non-hydrogen) atoms. The van der Waals surface area contributed by atoms with E-state index in [0.717, 1.165) is 19.6 Å². The average molecular weight is 365 g/mol. The van der Waals surface area contributed by atoms with Crippen molar-refractivity contribution in [3.63, 3.8) is 0 Å². The van der Waals surface area contributed by atoms with Crippen molar-refractivity contribution in [3.8, 4) is 5.75 Å². The highest BCUT2D eigenvalue weighted by Gasteiger charge is 2.49. The summed E-state index contributed by atoms with van der Waals surface area (Å²) >= 11 is 0. The largest absolute Gasteiger partial charge is 0.466 e. The van der Waals surface area contributed by atoms with Crippen molar-refractivity contribution in [1.29, 1.82) is 0 Å². The summed E-state index contributed by atoms with van der Waals surface area (Å²) in [6.45, 7) is 5.13. The zero-order valence-corrected chi connectivity index (χ0v) is 15.4. The third-order valence-electron chi connectivity index (χ3n) is 5.20. The normalized spacial score (nSPS) is 22.6. The number of carbonyl (C=O) groups is 2. The molecule has 0 saturated carbocycles. The van der Waals surface area contributed by atoms with E-state index < -0.39 is 11.5 Å². The van der Waals surface area contributed by atoms with Crippen LogP contribution in [0.2, 0.25) is 0 Å². The standard InChI is InChI=1S/C21H23N3O3/c1-21(19(25)22-17-9-5-6-10-18(17)27-21)20(26)24-13-11-23(12-14-24)15-16-7-3-2-4-8-16/h2-10H,11-15H2,1H3,(H,22,25)/t21-/m1/s1. The first kappa shape index (κ1) is 17.5. The molecule has 1 fully saturated rings. The molecule has 2 aliphatic heterocycles. The zero-order valence-electron chi connectivity index (χ0n) is 15.4. The Hall–Kier alpha value is -2.86. The van der Waals surface area contributed by atoms with Gasteiger partial charge in [0.15, 0.2) is 0 Å². The smallest absolute Gasteiger partial charge is 0.278 e. The fourth-order valence-electron chi connectivity index (χ4n) is 3.56. The van der Waals surface area contributed by atoms with Crippen LogP contribution >= 0.6 is 0 Å². The number of hydrogen-bond acceptors (Lipinski definition) is 4. The van der Waals surface area contributed by atoms with Gasteiger partial charge in [-0.3, -0.25) is 14.5 Å². The van der Waals surface area contributed by atoms with Crippen LogP contribution in [0.5, 0.6) is 5.75 Å². The summed E-state index contributed by atoms with van der Waals surface area (Å²) < 4.78 is 5.85. The van der Waals surface area contributed by atoms with Crippen molar-refractivity contribution in [1.82, 2.24) is 9.80 Å².